The number of rotatable bonds is 6. The van der Waals surface area contributed by atoms with Crippen LogP contribution in [0.3, 0.4) is 0 Å². The van der Waals surface area contributed by atoms with E-state index in [9.17, 15) is 9.59 Å². The number of likely N-dealkylation sites (N-methyl/N-ethyl adjacent to an activating group) is 1. The highest BCUT2D eigenvalue weighted by Crippen LogP contribution is 2.32. The van der Waals surface area contributed by atoms with Gasteiger partial charge in [-0.05, 0) is 48.6 Å². The summed E-state index contributed by atoms with van der Waals surface area (Å²) in [6, 6.07) is 15.0. The molecule has 2 heterocycles. The summed E-state index contributed by atoms with van der Waals surface area (Å²) in [5.41, 5.74) is 0.768. The van der Waals surface area contributed by atoms with Gasteiger partial charge in [-0.1, -0.05) is 30.3 Å². The number of hydrogen-bond donors (Lipinski definition) is 1. The molecule has 0 fully saturated rings. The number of benzene rings is 2. The zero-order valence-electron chi connectivity index (χ0n) is 17.0. The smallest absolute Gasteiger partial charge is 0.349 e. The predicted octanol–water partition coefficient (Wildman–Crippen LogP) is 4.05. The normalized spacial score (nSPS) is 12.4. The number of amides is 1. The third-order valence-electron chi connectivity index (χ3n) is 5.14. The fourth-order valence-corrected chi connectivity index (χ4v) is 4.56. The first kappa shape index (κ1) is 20.1. The zero-order chi connectivity index (χ0) is 21.3. The van der Waals surface area contributed by atoms with Crippen molar-refractivity contribution in [3.63, 3.8) is 0 Å². The van der Waals surface area contributed by atoms with Gasteiger partial charge in [-0.25, -0.2) is 4.79 Å². The van der Waals surface area contributed by atoms with E-state index >= 15 is 0 Å². The van der Waals surface area contributed by atoms with Gasteiger partial charge in [0.25, 0.3) is 5.91 Å². The van der Waals surface area contributed by atoms with Gasteiger partial charge in [0.15, 0.2) is 11.3 Å². The molecule has 1 unspecified atom stereocenters. The minimum Gasteiger partial charge on any atom is -0.493 e. The number of hydrogen-bond acceptors (Lipinski definition) is 6. The predicted molar refractivity (Wildman–Crippen MR) is 120 cm³/mol. The van der Waals surface area contributed by atoms with Crippen LogP contribution >= 0.6 is 11.3 Å². The lowest BCUT2D eigenvalue weighted by atomic mass is 10.0. The van der Waals surface area contributed by atoms with E-state index in [-0.39, 0.29) is 11.6 Å². The highest BCUT2D eigenvalue weighted by atomic mass is 32.1. The van der Waals surface area contributed by atoms with Crippen molar-refractivity contribution >= 4 is 38.3 Å². The minimum atomic E-state index is -0.688. The van der Waals surface area contributed by atoms with E-state index in [0.29, 0.717) is 23.3 Å². The number of carbonyl (C=O) groups excluding carboxylic acids is 1. The van der Waals surface area contributed by atoms with Crippen molar-refractivity contribution < 1.29 is 13.9 Å². The number of nitrogens with one attached hydrogen (secondary N) is 1. The van der Waals surface area contributed by atoms with Crippen molar-refractivity contribution in [1.82, 2.24) is 10.2 Å². The fourth-order valence-electron chi connectivity index (χ4n) is 3.55. The second kappa shape index (κ2) is 8.30. The van der Waals surface area contributed by atoms with Crippen LogP contribution in [-0.4, -0.2) is 38.6 Å². The van der Waals surface area contributed by atoms with Crippen LogP contribution in [0.1, 0.15) is 22.0 Å². The summed E-state index contributed by atoms with van der Waals surface area (Å²) in [5, 5.41) is 6.83. The Hall–Kier alpha value is -3.16. The number of nitrogens with zero attached hydrogens (tertiary/aromatic N) is 1. The van der Waals surface area contributed by atoms with Crippen LogP contribution in [0.4, 0.5) is 0 Å². The van der Waals surface area contributed by atoms with Gasteiger partial charge in [0.05, 0.1) is 13.2 Å². The lowest BCUT2D eigenvalue weighted by Crippen LogP contribution is -2.36. The van der Waals surface area contributed by atoms with E-state index in [1.54, 1.807) is 35.6 Å². The van der Waals surface area contributed by atoms with Crippen molar-refractivity contribution in [2.75, 3.05) is 27.7 Å². The Morgan fingerprint density at radius 1 is 1.20 bits per heavy atom. The summed E-state index contributed by atoms with van der Waals surface area (Å²) < 4.78 is 11.8. The lowest BCUT2D eigenvalue weighted by molar-refractivity contribution is 0.0938. The molecule has 0 saturated heterocycles. The number of ether oxygens (including phenoxy) is 1. The quantitative estimate of drug-likeness (QED) is 0.475. The SMILES string of the molecule is COc1cccc2cc(C(=O)NCC(c3csc4ccccc34)N(C)C)c(=O)oc12. The summed E-state index contributed by atoms with van der Waals surface area (Å²) in [5.74, 6) is -0.00609. The Balaban J connectivity index is 1.60. The molecular formula is C23H22N2O4S. The van der Waals surface area contributed by atoms with E-state index in [1.807, 2.05) is 26.2 Å². The molecule has 4 aromatic rings. The highest BCUT2D eigenvalue weighted by molar-refractivity contribution is 7.17. The topological polar surface area (TPSA) is 71.8 Å². The van der Waals surface area contributed by atoms with E-state index in [1.165, 1.54) is 17.2 Å². The summed E-state index contributed by atoms with van der Waals surface area (Å²) in [7, 11) is 5.45. The Kier molecular flexibility index (Phi) is 5.57. The van der Waals surface area contributed by atoms with Crippen molar-refractivity contribution in [2.24, 2.45) is 0 Å². The van der Waals surface area contributed by atoms with Crippen LogP contribution in [0.5, 0.6) is 5.75 Å². The van der Waals surface area contributed by atoms with Crippen LogP contribution in [0.2, 0.25) is 0 Å². The maximum atomic E-state index is 12.8. The van der Waals surface area contributed by atoms with Crippen molar-refractivity contribution in [3.05, 3.63) is 75.5 Å². The number of carbonyl (C=O) groups is 1. The third-order valence-corrected chi connectivity index (χ3v) is 6.12. The number of methoxy groups -OCH3 is 1. The number of thiophene rings is 1. The summed E-state index contributed by atoms with van der Waals surface area (Å²) in [6.07, 6.45) is 0. The van der Waals surface area contributed by atoms with Gasteiger partial charge in [0, 0.05) is 16.6 Å². The van der Waals surface area contributed by atoms with Gasteiger partial charge in [-0.15, -0.1) is 11.3 Å². The van der Waals surface area contributed by atoms with E-state index in [4.69, 9.17) is 9.15 Å². The van der Waals surface area contributed by atoms with E-state index < -0.39 is 11.5 Å². The monoisotopic (exact) mass is 422 g/mol. The van der Waals surface area contributed by atoms with Gasteiger partial charge in [0.2, 0.25) is 0 Å². The molecule has 1 atom stereocenters. The summed E-state index contributed by atoms with van der Waals surface area (Å²) in [4.78, 5) is 27.3. The van der Waals surface area contributed by atoms with Crippen LogP contribution in [0, 0.1) is 0 Å². The third kappa shape index (κ3) is 3.69. The molecule has 0 aliphatic heterocycles. The van der Waals surface area contributed by atoms with Crippen molar-refractivity contribution in [1.29, 1.82) is 0 Å². The average Bonchev–Trinajstić information content (AvgIpc) is 3.16. The van der Waals surface area contributed by atoms with Crippen LogP contribution < -0.4 is 15.7 Å². The van der Waals surface area contributed by atoms with Crippen molar-refractivity contribution in [3.8, 4) is 5.75 Å². The first-order valence-corrected chi connectivity index (χ1v) is 10.4. The molecule has 2 aromatic heterocycles. The van der Waals surface area contributed by atoms with Gasteiger partial charge < -0.3 is 19.4 Å². The molecule has 7 heteroatoms. The van der Waals surface area contributed by atoms with Gasteiger partial charge in [-0.2, -0.15) is 0 Å². The molecule has 2 aromatic carbocycles. The first-order chi connectivity index (χ1) is 14.5. The molecule has 0 bridgehead atoms. The molecule has 6 nitrogen and oxygen atoms in total. The molecule has 4 rings (SSSR count). The first-order valence-electron chi connectivity index (χ1n) is 9.51. The molecule has 30 heavy (non-hydrogen) atoms. The van der Waals surface area contributed by atoms with Gasteiger partial charge in [-0.3, -0.25) is 4.79 Å². The molecule has 0 aliphatic carbocycles. The van der Waals surface area contributed by atoms with Crippen LogP contribution in [0.25, 0.3) is 21.1 Å². The van der Waals surface area contributed by atoms with Crippen LogP contribution in [0.15, 0.2) is 63.1 Å². The minimum absolute atomic E-state index is 0.0246. The zero-order valence-corrected chi connectivity index (χ0v) is 17.8. The Morgan fingerprint density at radius 2 is 2.00 bits per heavy atom. The molecular weight excluding hydrogens is 400 g/mol. The maximum absolute atomic E-state index is 12.8. The Morgan fingerprint density at radius 3 is 2.77 bits per heavy atom. The molecule has 1 N–H and O–H groups in total. The van der Waals surface area contributed by atoms with Crippen LogP contribution in [-0.2, 0) is 0 Å². The Bertz CT molecular complexity index is 1280. The standard InChI is InChI=1S/C23H22N2O4S/c1-25(2)18(17-13-30-20-10-5-4-8-15(17)20)12-24-22(26)16-11-14-7-6-9-19(28-3)21(14)29-23(16)27/h4-11,13,18H,12H2,1-3H3,(H,24,26). The molecule has 154 valence electrons. The highest BCUT2D eigenvalue weighted by Gasteiger charge is 2.21. The average molecular weight is 423 g/mol. The molecule has 0 saturated carbocycles. The summed E-state index contributed by atoms with van der Waals surface area (Å²) >= 11 is 1.68. The molecule has 0 spiro atoms. The second-order valence-corrected chi connectivity index (χ2v) is 8.11. The van der Waals surface area contributed by atoms with Gasteiger partial charge >= 0.3 is 5.63 Å². The molecule has 0 radical (unpaired) electrons. The van der Waals surface area contributed by atoms with Gasteiger partial charge in [0.1, 0.15) is 5.56 Å². The second-order valence-electron chi connectivity index (χ2n) is 7.20. The molecule has 0 aliphatic rings. The maximum Gasteiger partial charge on any atom is 0.349 e. The molecule has 1 amide bonds. The lowest BCUT2D eigenvalue weighted by Gasteiger charge is -2.24. The summed E-state index contributed by atoms with van der Waals surface area (Å²) in [6.45, 7) is 0.363. The van der Waals surface area contributed by atoms with E-state index in [0.717, 1.165) is 5.56 Å². The largest absolute Gasteiger partial charge is 0.493 e. The van der Waals surface area contributed by atoms with Crippen molar-refractivity contribution in [2.45, 2.75) is 6.04 Å². The fraction of sp³-hybridized carbons (Fsp3) is 0.217. The Labute approximate surface area is 177 Å². The number of para-hydroxylation sites is 1. The van der Waals surface area contributed by atoms with E-state index in [2.05, 4.69) is 27.7 Å². The number of fused-ring (bicyclic) bond motifs is 2.